The third-order valence-electron chi connectivity index (χ3n) is 3.38. The zero-order valence-corrected chi connectivity index (χ0v) is 11.2. The normalized spacial score (nSPS) is 25.9. The third kappa shape index (κ3) is 4.52. The van der Waals surface area contributed by atoms with Crippen LogP contribution in [0.3, 0.4) is 0 Å². The maximum atomic E-state index is 11.9. The van der Waals surface area contributed by atoms with E-state index in [0.29, 0.717) is 11.8 Å². The highest BCUT2D eigenvalue weighted by atomic mass is 35.5. The van der Waals surface area contributed by atoms with Gasteiger partial charge in [0, 0.05) is 13.1 Å². The summed E-state index contributed by atoms with van der Waals surface area (Å²) in [5.41, 5.74) is 10.7. The van der Waals surface area contributed by atoms with Crippen LogP contribution in [0.5, 0.6) is 0 Å². The highest BCUT2D eigenvalue weighted by Gasteiger charge is 2.29. The second-order valence-electron chi connectivity index (χ2n) is 4.80. The van der Waals surface area contributed by atoms with Crippen molar-refractivity contribution in [3.8, 4) is 0 Å². The molecule has 0 spiro atoms. The zero-order chi connectivity index (χ0) is 12.3. The van der Waals surface area contributed by atoms with E-state index in [-0.39, 0.29) is 24.7 Å². The number of halogens is 1. The summed E-state index contributed by atoms with van der Waals surface area (Å²) in [4.78, 5) is 24.3. The quantitative estimate of drug-likeness (QED) is 0.758. The molecule has 17 heavy (non-hydrogen) atoms. The number of amides is 2. The van der Waals surface area contributed by atoms with E-state index in [1.807, 2.05) is 0 Å². The van der Waals surface area contributed by atoms with E-state index >= 15 is 0 Å². The highest BCUT2D eigenvalue weighted by molar-refractivity contribution is 5.87. The zero-order valence-electron chi connectivity index (χ0n) is 10.4. The monoisotopic (exact) mass is 263 g/mol. The molecule has 0 saturated carbocycles. The largest absolute Gasteiger partial charge is 0.370 e. The molecule has 0 aromatic carbocycles. The van der Waals surface area contributed by atoms with Crippen LogP contribution in [0.2, 0.25) is 0 Å². The fraction of sp³-hybridized carbons (Fsp3) is 0.818. The van der Waals surface area contributed by atoms with Crippen molar-refractivity contribution in [1.82, 2.24) is 4.90 Å². The Balaban J connectivity index is 0.00000256. The van der Waals surface area contributed by atoms with Gasteiger partial charge in [-0.15, -0.1) is 12.4 Å². The van der Waals surface area contributed by atoms with E-state index in [2.05, 4.69) is 13.8 Å². The standard InChI is InChI=1S/C11H21N3O2.ClH/c1-7-3-4-14(6-8(7)2)11(16)9(12)5-10(13)15;/h7-9H,3-6,12H2,1-2H3,(H2,13,15);1H. The Labute approximate surface area is 108 Å². The maximum Gasteiger partial charge on any atom is 0.240 e. The number of carbonyl (C=O) groups is 2. The second-order valence-corrected chi connectivity index (χ2v) is 4.80. The number of likely N-dealkylation sites (tertiary alicyclic amines) is 1. The Morgan fingerprint density at radius 3 is 2.41 bits per heavy atom. The summed E-state index contributed by atoms with van der Waals surface area (Å²) in [7, 11) is 0. The number of hydrogen-bond donors (Lipinski definition) is 2. The van der Waals surface area contributed by atoms with Gasteiger partial charge >= 0.3 is 0 Å². The highest BCUT2D eigenvalue weighted by Crippen LogP contribution is 2.22. The fourth-order valence-electron chi connectivity index (χ4n) is 2.00. The number of nitrogens with two attached hydrogens (primary N) is 2. The van der Waals surface area contributed by atoms with Crippen molar-refractivity contribution in [2.45, 2.75) is 32.7 Å². The molecule has 3 unspecified atom stereocenters. The Kier molecular flexibility index (Phi) is 6.49. The summed E-state index contributed by atoms with van der Waals surface area (Å²) in [6, 6.07) is -0.780. The summed E-state index contributed by atoms with van der Waals surface area (Å²) >= 11 is 0. The molecule has 1 rings (SSSR count). The lowest BCUT2D eigenvalue weighted by Crippen LogP contribution is -2.50. The van der Waals surface area contributed by atoms with Crippen LogP contribution in [0.1, 0.15) is 26.7 Å². The number of carbonyl (C=O) groups excluding carboxylic acids is 2. The first kappa shape index (κ1) is 16.2. The van der Waals surface area contributed by atoms with Crippen molar-refractivity contribution in [1.29, 1.82) is 0 Å². The molecule has 0 radical (unpaired) electrons. The van der Waals surface area contributed by atoms with Crippen molar-refractivity contribution in [3.63, 3.8) is 0 Å². The van der Waals surface area contributed by atoms with E-state index < -0.39 is 11.9 Å². The number of primary amides is 1. The molecule has 5 nitrogen and oxygen atoms in total. The first-order chi connectivity index (χ1) is 7.41. The molecule has 6 heteroatoms. The minimum absolute atomic E-state index is 0. The van der Waals surface area contributed by atoms with Gasteiger partial charge in [-0.05, 0) is 18.3 Å². The molecule has 100 valence electrons. The topological polar surface area (TPSA) is 89.4 Å². The van der Waals surface area contributed by atoms with E-state index in [9.17, 15) is 9.59 Å². The van der Waals surface area contributed by atoms with E-state index in [1.165, 1.54) is 0 Å². The minimum atomic E-state index is -0.780. The van der Waals surface area contributed by atoms with Gasteiger partial charge in [-0.1, -0.05) is 13.8 Å². The summed E-state index contributed by atoms with van der Waals surface area (Å²) < 4.78 is 0. The predicted octanol–water partition coefficient (Wildman–Crippen LogP) is 0.115. The Morgan fingerprint density at radius 1 is 1.35 bits per heavy atom. The predicted molar refractivity (Wildman–Crippen MR) is 68.6 cm³/mol. The van der Waals surface area contributed by atoms with E-state index in [1.54, 1.807) is 4.90 Å². The molecule has 2 amide bonds. The molecule has 1 fully saturated rings. The first-order valence-electron chi connectivity index (χ1n) is 5.74. The van der Waals surface area contributed by atoms with Gasteiger partial charge in [-0.3, -0.25) is 9.59 Å². The summed E-state index contributed by atoms with van der Waals surface area (Å²) in [5, 5.41) is 0. The SMILES string of the molecule is CC1CCN(C(=O)C(N)CC(N)=O)CC1C.Cl. The fourth-order valence-corrected chi connectivity index (χ4v) is 2.00. The Morgan fingerprint density at radius 2 is 1.94 bits per heavy atom. The molecule has 1 aliphatic rings. The van der Waals surface area contributed by atoms with Crippen molar-refractivity contribution in [3.05, 3.63) is 0 Å². The third-order valence-corrected chi connectivity index (χ3v) is 3.38. The van der Waals surface area contributed by atoms with Gasteiger partial charge in [-0.2, -0.15) is 0 Å². The van der Waals surface area contributed by atoms with Gasteiger partial charge in [0.2, 0.25) is 11.8 Å². The van der Waals surface area contributed by atoms with Crippen LogP contribution in [-0.4, -0.2) is 35.8 Å². The van der Waals surface area contributed by atoms with Crippen LogP contribution in [0.4, 0.5) is 0 Å². The molecule has 0 aromatic heterocycles. The molecule has 0 aromatic rings. The molecule has 1 heterocycles. The van der Waals surface area contributed by atoms with Crippen LogP contribution in [-0.2, 0) is 9.59 Å². The van der Waals surface area contributed by atoms with Crippen molar-refractivity contribution >= 4 is 24.2 Å². The molecule has 1 saturated heterocycles. The van der Waals surface area contributed by atoms with E-state index in [0.717, 1.165) is 19.5 Å². The van der Waals surface area contributed by atoms with Crippen LogP contribution in [0.25, 0.3) is 0 Å². The molecule has 1 aliphatic heterocycles. The van der Waals surface area contributed by atoms with Crippen LogP contribution in [0.15, 0.2) is 0 Å². The van der Waals surface area contributed by atoms with Gasteiger partial charge < -0.3 is 16.4 Å². The smallest absolute Gasteiger partial charge is 0.240 e. The minimum Gasteiger partial charge on any atom is -0.370 e. The van der Waals surface area contributed by atoms with Gasteiger partial charge in [0.25, 0.3) is 0 Å². The average molecular weight is 264 g/mol. The number of piperidine rings is 1. The number of rotatable bonds is 3. The van der Waals surface area contributed by atoms with Crippen molar-refractivity contribution in [2.75, 3.05) is 13.1 Å². The molecule has 4 N–H and O–H groups in total. The van der Waals surface area contributed by atoms with Crippen LogP contribution in [0, 0.1) is 11.8 Å². The van der Waals surface area contributed by atoms with Gasteiger partial charge in [-0.25, -0.2) is 0 Å². The van der Waals surface area contributed by atoms with Crippen LogP contribution < -0.4 is 11.5 Å². The second kappa shape index (κ2) is 6.81. The van der Waals surface area contributed by atoms with Gasteiger partial charge in [0.05, 0.1) is 12.5 Å². The molecular formula is C11H22ClN3O2. The van der Waals surface area contributed by atoms with Gasteiger partial charge in [0.15, 0.2) is 0 Å². The Hall–Kier alpha value is -0.810. The molecule has 0 bridgehead atoms. The van der Waals surface area contributed by atoms with Gasteiger partial charge in [0.1, 0.15) is 0 Å². The lowest BCUT2D eigenvalue weighted by Gasteiger charge is -2.36. The van der Waals surface area contributed by atoms with Crippen LogP contribution >= 0.6 is 12.4 Å². The Bertz CT molecular complexity index is 286. The average Bonchev–Trinajstić information content (AvgIpc) is 2.20. The lowest BCUT2D eigenvalue weighted by molar-refractivity contribution is -0.136. The summed E-state index contributed by atoms with van der Waals surface area (Å²) in [5.74, 6) is 0.437. The first-order valence-corrected chi connectivity index (χ1v) is 5.74. The molecular weight excluding hydrogens is 242 g/mol. The summed E-state index contributed by atoms with van der Waals surface area (Å²) in [6.07, 6.45) is 0.926. The van der Waals surface area contributed by atoms with E-state index in [4.69, 9.17) is 11.5 Å². The molecule has 0 aliphatic carbocycles. The summed E-state index contributed by atoms with van der Waals surface area (Å²) in [6.45, 7) is 5.78. The molecule has 3 atom stereocenters. The maximum absolute atomic E-state index is 11.9. The number of hydrogen-bond acceptors (Lipinski definition) is 3. The lowest BCUT2D eigenvalue weighted by atomic mass is 9.88. The van der Waals surface area contributed by atoms with Crippen molar-refractivity contribution < 1.29 is 9.59 Å². The number of nitrogens with zero attached hydrogens (tertiary/aromatic N) is 1. The van der Waals surface area contributed by atoms with Crippen molar-refractivity contribution in [2.24, 2.45) is 23.3 Å².